The topological polar surface area (TPSA) is 104 Å². The van der Waals surface area contributed by atoms with Crippen molar-refractivity contribution in [2.45, 2.75) is 44.6 Å². The van der Waals surface area contributed by atoms with Crippen LogP contribution < -0.4 is 10.6 Å². The van der Waals surface area contributed by atoms with E-state index in [9.17, 15) is 23.2 Å². The van der Waals surface area contributed by atoms with Gasteiger partial charge in [-0.1, -0.05) is 12.8 Å². The Bertz CT molecular complexity index is 1050. The molecule has 2 fully saturated rings. The van der Waals surface area contributed by atoms with E-state index < -0.39 is 23.4 Å². The van der Waals surface area contributed by atoms with E-state index in [0.29, 0.717) is 25.9 Å². The highest BCUT2D eigenvalue weighted by Gasteiger charge is 2.31. The van der Waals surface area contributed by atoms with Crippen LogP contribution in [0.1, 0.15) is 59.4 Å². The summed E-state index contributed by atoms with van der Waals surface area (Å²) in [5, 5.41) is 5.32. The number of nitrogens with zero attached hydrogens (tertiary/aromatic N) is 3. The Morgan fingerprint density at radius 2 is 1.61 bits per heavy atom. The van der Waals surface area contributed by atoms with Crippen molar-refractivity contribution in [3.63, 3.8) is 0 Å². The molecule has 0 radical (unpaired) electrons. The van der Waals surface area contributed by atoms with Crippen LogP contribution >= 0.6 is 0 Å². The van der Waals surface area contributed by atoms with Gasteiger partial charge in [0.1, 0.15) is 0 Å². The third kappa shape index (κ3) is 5.32. The minimum absolute atomic E-state index is 0.0846. The molecule has 2 aromatic rings. The Hall–Kier alpha value is -3.43. The molecule has 10 heteroatoms. The van der Waals surface area contributed by atoms with Crippen molar-refractivity contribution < 1.29 is 23.2 Å². The van der Waals surface area contributed by atoms with Crippen molar-refractivity contribution in [1.82, 2.24) is 20.2 Å². The number of carbonyl (C=O) groups excluding carboxylic acids is 3. The number of benzene rings is 1. The first kappa shape index (κ1) is 22.8. The van der Waals surface area contributed by atoms with E-state index in [4.69, 9.17) is 0 Å². The maximum Gasteiger partial charge on any atom is 0.273 e. The van der Waals surface area contributed by atoms with E-state index in [0.717, 1.165) is 43.9 Å². The van der Waals surface area contributed by atoms with Crippen LogP contribution in [-0.2, 0) is 4.79 Å². The smallest absolute Gasteiger partial charge is 0.273 e. The second kappa shape index (κ2) is 10.0. The maximum absolute atomic E-state index is 13.4. The van der Waals surface area contributed by atoms with Crippen molar-refractivity contribution in [2.75, 3.05) is 18.4 Å². The van der Waals surface area contributed by atoms with E-state index in [-0.39, 0.29) is 34.9 Å². The van der Waals surface area contributed by atoms with Gasteiger partial charge in [-0.25, -0.2) is 18.7 Å². The van der Waals surface area contributed by atoms with Crippen molar-refractivity contribution in [3.8, 4) is 0 Å². The minimum Gasteiger partial charge on any atom is -0.348 e. The summed E-state index contributed by atoms with van der Waals surface area (Å²) in [5.74, 6) is -3.21. The molecule has 0 atom stereocenters. The summed E-state index contributed by atoms with van der Waals surface area (Å²) in [6.07, 6.45) is 8.02. The standard InChI is InChI=1S/C23H25F2N5O3/c24-17-6-5-15(13-18(17)25)21(31)29-20-19(26-9-10-27-20)22(32)28-16-7-11-30(12-8-16)23(33)14-3-1-2-4-14/h5-6,9-10,13-14,16H,1-4,7-8,11-12H2,(H,28,32)(H,27,29,31). The number of hydrogen-bond donors (Lipinski definition) is 2. The molecular weight excluding hydrogens is 432 g/mol. The van der Waals surface area contributed by atoms with Gasteiger partial charge in [0.05, 0.1) is 0 Å². The van der Waals surface area contributed by atoms with Crippen LogP contribution in [0.2, 0.25) is 0 Å². The van der Waals surface area contributed by atoms with Crippen LogP contribution in [-0.4, -0.2) is 51.7 Å². The van der Waals surface area contributed by atoms with Crippen LogP contribution in [0.3, 0.4) is 0 Å². The normalized spacial score (nSPS) is 17.1. The molecule has 0 bridgehead atoms. The molecule has 0 unspecified atom stereocenters. The average Bonchev–Trinajstić information content (AvgIpc) is 3.36. The number of likely N-dealkylation sites (tertiary alicyclic amines) is 1. The zero-order chi connectivity index (χ0) is 23.4. The Kier molecular flexibility index (Phi) is 6.90. The number of hydrogen-bond acceptors (Lipinski definition) is 5. The predicted molar refractivity (Wildman–Crippen MR) is 115 cm³/mol. The maximum atomic E-state index is 13.4. The van der Waals surface area contributed by atoms with Gasteiger partial charge in [0, 0.05) is 43.0 Å². The van der Waals surface area contributed by atoms with Gasteiger partial charge in [0.25, 0.3) is 11.8 Å². The van der Waals surface area contributed by atoms with E-state index in [1.54, 1.807) is 0 Å². The predicted octanol–water partition coefficient (Wildman–Crippen LogP) is 2.92. The second-order valence-corrected chi connectivity index (χ2v) is 8.39. The molecule has 1 aliphatic carbocycles. The van der Waals surface area contributed by atoms with Crippen LogP contribution in [0.5, 0.6) is 0 Å². The molecule has 4 rings (SSSR count). The SMILES string of the molecule is O=C(Nc1nccnc1C(=O)NC1CCN(C(=O)C2CCCC2)CC1)c1ccc(F)c(F)c1. The quantitative estimate of drug-likeness (QED) is 0.719. The van der Waals surface area contributed by atoms with Crippen LogP contribution in [0.15, 0.2) is 30.6 Å². The Labute approximate surface area is 189 Å². The van der Waals surface area contributed by atoms with E-state index in [1.807, 2.05) is 4.90 Å². The lowest BCUT2D eigenvalue weighted by Gasteiger charge is -2.33. The fourth-order valence-electron chi connectivity index (χ4n) is 4.34. The largest absolute Gasteiger partial charge is 0.348 e. The first-order chi connectivity index (χ1) is 15.9. The molecule has 8 nitrogen and oxygen atoms in total. The van der Waals surface area contributed by atoms with Gasteiger partial charge < -0.3 is 15.5 Å². The van der Waals surface area contributed by atoms with Gasteiger partial charge in [-0.3, -0.25) is 14.4 Å². The first-order valence-corrected chi connectivity index (χ1v) is 11.1. The van der Waals surface area contributed by atoms with Crippen molar-refractivity contribution in [3.05, 3.63) is 53.5 Å². The molecule has 1 saturated heterocycles. The summed E-state index contributed by atoms with van der Waals surface area (Å²) in [4.78, 5) is 47.7. The fourth-order valence-corrected chi connectivity index (χ4v) is 4.34. The van der Waals surface area contributed by atoms with Crippen molar-refractivity contribution in [1.29, 1.82) is 0 Å². The number of amides is 3. The number of carbonyl (C=O) groups is 3. The van der Waals surface area contributed by atoms with Crippen LogP contribution in [0, 0.1) is 17.6 Å². The van der Waals surface area contributed by atoms with Crippen molar-refractivity contribution in [2.24, 2.45) is 5.92 Å². The monoisotopic (exact) mass is 457 g/mol. The zero-order valence-corrected chi connectivity index (χ0v) is 18.0. The number of piperidine rings is 1. The molecule has 2 aliphatic rings. The summed E-state index contributed by atoms with van der Waals surface area (Å²) >= 11 is 0. The number of rotatable bonds is 5. The molecule has 2 heterocycles. The van der Waals surface area contributed by atoms with Gasteiger partial charge in [0.15, 0.2) is 23.1 Å². The Morgan fingerprint density at radius 3 is 2.30 bits per heavy atom. The average molecular weight is 457 g/mol. The molecular formula is C23H25F2N5O3. The van der Waals surface area contributed by atoms with E-state index in [2.05, 4.69) is 20.6 Å². The fraction of sp³-hybridized carbons (Fsp3) is 0.435. The molecule has 2 N–H and O–H groups in total. The third-order valence-electron chi connectivity index (χ3n) is 6.17. The molecule has 3 amide bonds. The van der Waals surface area contributed by atoms with Gasteiger partial charge >= 0.3 is 0 Å². The van der Waals surface area contributed by atoms with Crippen LogP contribution in [0.25, 0.3) is 0 Å². The molecule has 1 saturated carbocycles. The summed E-state index contributed by atoms with van der Waals surface area (Å²) in [5.41, 5.74) is -0.205. The van der Waals surface area contributed by atoms with Crippen molar-refractivity contribution >= 4 is 23.5 Å². The summed E-state index contributed by atoms with van der Waals surface area (Å²) < 4.78 is 26.6. The highest BCUT2D eigenvalue weighted by molar-refractivity contribution is 6.07. The first-order valence-electron chi connectivity index (χ1n) is 11.1. The van der Waals surface area contributed by atoms with Gasteiger partial charge in [0.2, 0.25) is 5.91 Å². The molecule has 33 heavy (non-hydrogen) atoms. The highest BCUT2D eigenvalue weighted by Crippen LogP contribution is 2.27. The summed E-state index contributed by atoms with van der Waals surface area (Å²) in [6, 6.07) is 2.60. The van der Waals surface area contributed by atoms with E-state index >= 15 is 0 Å². The molecule has 174 valence electrons. The highest BCUT2D eigenvalue weighted by atomic mass is 19.2. The number of anilines is 1. The summed E-state index contributed by atoms with van der Waals surface area (Å²) in [7, 11) is 0. The lowest BCUT2D eigenvalue weighted by Crippen LogP contribution is -2.48. The molecule has 1 aromatic heterocycles. The van der Waals surface area contributed by atoms with Crippen LogP contribution in [0.4, 0.5) is 14.6 Å². The Balaban J connectivity index is 1.36. The number of aromatic nitrogens is 2. The molecule has 1 aliphatic heterocycles. The lowest BCUT2D eigenvalue weighted by molar-refractivity contribution is -0.136. The number of halogens is 2. The number of nitrogens with one attached hydrogen (secondary N) is 2. The van der Waals surface area contributed by atoms with Gasteiger partial charge in [-0.15, -0.1) is 0 Å². The summed E-state index contributed by atoms with van der Waals surface area (Å²) in [6.45, 7) is 1.17. The van der Waals surface area contributed by atoms with E-state index in [1.165, 1.54) is 12.4 Å². The van der Waals surface area contributed by atoms with Gasteiger partial charge in [-0.05, 0) is 43.9 Å². The second-order valence-electron chi connectivity index (χ2n) is 8.39. The molecule has 0 spiro atoms. The third-order valence-corrected chi connectivity index (χ3v) is 6.17. The zero-order valence-electron chi connectivity index (χ0n) is 18.0. The minimum atomic E-state index is -1.16. The Morgan fingerprint density at radius 1 is 0.909 bits per heavy atom. The lowest BCUT2D eigenvalue weighted by atomic mass is 10.0. The van der Waals surface area contributed by atoms with Gasteiger partial charge in [-0.2, -0.15) is 0 Å². The molecule has 1 aromatic carbocycles.